The summed E-state index contributed by atoms with van der Waals surface area (Å²) in [6.45, 7) is 3.19. The van der Waals surface area contributed by atoms with Gasteiger partial charge in [0.15, 0.2) is 0 Å². The highest BCUT2D eigenvalue weighted by Crippen LogP contribution is 2.39. The fourth-order valence-electron chi connectivity index (χ4n) is 4.81. The van der Waals surface area contributed by atoms with Gasteiger partial charge in [0.1, 0.15) is 11.6 Å². The quantitative estimate of drug-likeness (QED) is 0.274. The third kappa shape index (κ3) is 5.70. The Morgan fingerprint density at radius 2 is 1.62 bits per heavy atom. The predicted octanol–water partition coefficient (Wildman–Crippen LogP) is 4.74. The molecule has 0 saturated carbocycles. The van der Waals surface area contributed by atoms with Crippen molar-refractivity contribution in [1.82, 2.24) is 10.2 Å². The van der Waals surface area contributed by atoms with Crippen LogP contribution in [0.2, 0.25) is 5.02 Å². The van der Waals surface area contributed by atoms with Crippen molar-refractivity contribution in [3.63, 3.8) is 0 Å². The second kappa shape index (κ2) is 10.8. The van der Waals surface area contributed by atoms with E-state index in [1.165, 1.54) is 24.3 Å². The fraction of sp³-hybridized carbons (Fsp3) is 0.250. The summed E-state index contributed by atoms with van der Waals surface area (Å²) in [6, 6.07) is 12.1. The average molecular weight is 526 g/mol. The van der Waals surface area contributed by atoms with Gasteiger partial charge in [-0.1, -0.05) is 11.6 Å². The first-order valence-corrected chi connectivity index (χ1v) is 12.3. The molecule has 6 nitrogen and oxygen atoms in total. The number of aryl methyl sites for hydroxylation is 1. The van der Waals surface area contributed by atoms with Gasteiger partial charge in [-0.25, -0.2) is 8.78 Å². The van der Waals surface area contributed by atoms with Crippen molar-refractivity contribution in [2.75, 3.05) is 25.9 Å². The van der Waals surface area contributed by atoms with Gasteiger partial charge in [0, 0.05) is 47.1 Å². The van der Waals surface area contributed by atoms with Crippen molar-refractivity contribution in [2.45, 2.75) is 25.8 Å². The van der Waals surface area contributed by atoms with Crippen LogP contribution < -0.4 is 22.5 Å². The van der Waals surface area contributed by atoms with Crippen LogP contribution in [-0.2, 0) is 0 Å². The standard InChI is InChI=1S/C28H30ClF2N5O/c1-15-7-17(11-19(30)8-15)26(33)27(36-5-3-21(35-2)4-6-36)23-13-22(24(29)14-25(23)32)16-9-18(28(34)37)12-20(31)10-16/h7-14,21,35H,3-6,32-33H2,1-2H3,(H2,34,37)/b27-26+. The van der Waals surface area contributed by atoms with Crippen LogP contribution in [0.5, 0.6) is 0 Å². The molecule has 37 heavy (non-hydrogen) atoms. The van der Waals surface area contributed by atoms with E-state index in [1.807, 2.05) is 13.1 Å². The molecule has 3 aromatic rings. The lowest BCUT2D eigenvalue weighted by Crippen LogP contribution is -2.41. The number of carbonyl (C=O) groups is 1. The highest BCUT2D eigenvalue weighted by atomic mass is 35.5. The summed E-state index contributed by atoms with van der Waals surface area (Å²) in [5.74, 6) is -1.78. The molecule has 0 bridgehead atoms. The molecule has 4 rings (SSSR count). The lowest BCUT2D eigenvalue weighted by molar-refractivity contribution is 0.1000. The van der Waals surface area contributed by atoms with E-state index in [0.717, 1.165) is 24.5 Å². The number of halogens is 3. The number of primary amides is 1. The van der Waals surface area contributed by atoms with E-state index in [0.29, 0.717) is 58.5 Å². The van der Waals surface area contributed by atoms with E-state index in [1.54, 1.807) is 19.1 Å². The minimum absolute atomic E-state index is 0.0177. The van der Waals surface area contributed by atoms with E-state index in [4.69, 9.17) is 28.8 Å². The van der Waals surface area contributed by atoms with Crippen molar-refractivity contribution in [3.8, 4) is 11.1 Å². The number of nitrogens with one attached hydrogen (secondary N) is 1. The van der Waals surface area contributed by atoms with Crippen LogP contribution >= 0.6 is 11.6 Å². The van der Waals surface area contributed by atoms with E-state index >= 15 is 0 Å². The first-order valence-electron chi connectivity index (χ1n) is 12.0. The number of nitrogens with zero attached hydrogens (tertiary/aromatic N) is 1. The molecular weight excluding hydrogens is 496 g/mol. The number of nitrogens with two attached hydrogens (primary N) is 3. The Morgan fingerprint density at radius 3 is 2.24 bits per heavy atom. The minimum atomic E-state index is -0.758. The summed E-state index contributed by atoms with van der Waals surface area (Å²) < 4.78 is 28.7. The van der Waals surface area contributed by atoms with Gasteiger partial charge in [-0.15, -0.1) is 0 Å². The second-order valence-corrected chi connectivity index (χ2v) is 9.75. The van der Waals surface area contributed by atoms with Crippen LogP contribution in [0.4, 0.5) is 14.5 Å². The number of anilines is 1. The largest absolute Gasteiger partial charge is 0.398 e. The molecule has 194 valence electrons. The highest BCUT2D eigenvalue weighted by molar-refractivity contribution is 6.33. The van der Waals surface area contributed by atoms with Gasteiger partial charge in [0.25, 0.3) is 0 Å². The smallest absolute Gasteiger partial charge is 0.248 e. The summed E-state index contributed by atoms with van der Waals surface area (Å²) in [6.07, 6.45) is 1.75. The molecule has 7 N–H and O–H groups in total. The highest BCUT2D eigenvalue weighted by Gasteiger charge is 2.26. The molecule has 0 aromatic heterocycles. The summed E-state index contributed by atoms with van der Waals surface area (Å²) in [5.41, 5.74) is 22.7. The second-order valence-electron chi connectivity index (χ2n) is 9.34. The van der Waals surface area contributed by atoms with E-state index < -0.39 is 17.5 Å². The number of amides is 1. The first-order chi connectivity index (χ1) is 17.6. The Morgan fingerprint density at radius 1 is 0.973 bits per heavy atom. The van der Waals surface area contributed by atoms with Gasteiger partial charge >= 0.3 is 0 Å². The fourth-order valence-corrected chi connectivity index (χ4v) is 5.09. The van der Waals surface area contributed by atoms with Crippen LogP contribution in [0.3, 0.4) is 0 Å². The van der Waals surface area contributed by atoms with Crippen LogP contribution in [0, 0.1) is 18.6 Å². The van der Waals surface area contributed by atoms with E-state index in [9.17, 15) is 13.6 Å². The van der Waals surface area contributed by atoms with Crippen LogP contribution in [0.15, 0.2) is 48.5 Å². The monoisotopic (exact) mass is 525 g/mol. The Balaban J connectivity index is 1.93. The number of piperidine rings is 1. The molecule has 1 aliphatic rings. The zero-order chi connectivity index (χ0) is 26.9. The number of rotatable bonds is 6. The number of carbonyl (C=O) groups excluding carboxylic acids is 1. The van der Waals surface area contributed by atoms with Gasteiger partial charge in [-0.3, -0.25) is 4.79 Å². The average Bonchev–Trinajstić information content (AvgIpc) is 2.84. The molecule has 1 saturated heterocycles. The van der Waals surface area contributed by atoms with Crippen LogP contribution in [-0.4, -0.2) is 37.0 Å². The van der Waals surface area contributed by atoms with Gasteiger partial charge in [-0.05, 0) is 86.5 Å². The Kier molecular flexibility index (Phi) is 7.71. The zero-order valence-corrected chi connectivity index (χ0v) is 21.5. The summed E-state index contributed by atoms with van der Waals surface area (Å²) in [4.78, 5) is 13.9. The third-order valence-corrected chi connectivity index (χ3v) is 7.03. The number of hydrogen-bond donors (Lipinski definition) is 4. The number of hydrogen-bond acceptors (Lipinski definition) is 5. The van der Waals surface area contributed by atoms with Gasteiger partial charge in [0.2, 0.25) is 5.91 Å². The summed E-state index contributed by atoms with van der Waals surface area (Å²) in [7, 11) is 1.93. The van der Waals surface area contributed by atoms with Crippen molar-refractivity contribution >= 4 is 34.6 Å². The lowest BCUT2D eigenvalue weighted by atomic mass is 9.94. The minimum Gasteiger partial charge on any atom is -0.398 e. The summed E-state index contributed by atoms with van der Waals surface area (Å²) >= 11 is 6.55. The van der Waals surface area contributed by atoms with Crippen molar-refractivity contribution in [1.29, 1.82) is 0 Å². The molecule has 0 spiro atoms. The number of likely N-dealkylation sites (tertiary alicyclic amines) is 1. The normalized spacial score (nSPS) is 15.0. The predicted molar refractivity (Wildman–Crippen MR) is 146 cm³/mol. The topological polar surface area (TPSA) is 110 Å². The lowest BCUT2D eigenvalue weighted by Gasteiger charge is -2.36. The first kappa shape index (κ1) is 26.4. The van der Waals surface area contributed by atoms with Gasteiger partial charge in [-0.2, -0.15) is 0 Å². The molecule has 0 aliphatic carbocycles. The van der Waals surface area contributed by atoms with Crippen LogP contribution in [0.25, 0.3) is 22.5 Å². The van der Waals surface area contributed by atoms with E-state index in [-0.39, 0.29) is 10.6 Å². The number of nitrogen functional groups attached to an aromatic ring is 1. The van der Waals surface area contributed by atoms with Crippen LogP contribution in [0.1, 0.15) is 39.9 Å². The Labute approximate surface area is 220 Å². The molecule has 1 amide bonds. The third-order valence-electron chi connectivity index (χ3n) is 6.72. The van der Waals surface area contributed by atoms with E-state index in [2.05, 4.69) is 10.2 Å². The molecule has 0 unspecified atom stereocenters. The molecule has 1 aliphatic heterocycles. The Hall–Kier alpha value is -3.62. The van der Waals surface area contributed by atoms with Crippen molar-refractivity contribution < 1.29 is 13.6 Å². The molecule has 9 heteroatoms. The van der Waals surface area contributed by atoms with Gasteiger partial charge in [0.05, 0.1) is 16.4 Å². The molecular formula is C28H30ClF2N5O. The molecule has 1 fully saturated rings. The maximum Gasteiger partial charge on any atom is 0.248 e. The molecule has 0 radical (unpaired) electrons. The number of benzene rings is 3. The zero-order valence-electron chi connectivity index (χ0n) is 20.7. The Bertz CT molecular complexity index is 1360. The maximum absolute atomic E-state index is 14.4. The molecule has 0 atom stereocenters. The van der Waals surface area contributed by atoms with Crippen molar-refractivity contribution in [2.24, 2.45) is 11.5 Å². The summed E-state index contributed by atoms with van der Waals surface area (Å²) in [5, 5.41) is 3.58. The molecule has 3 aromatic carbocycles. The SMILES string of the molecule is CNC1CCN(/C(=C(/N)c2cc(C)cc(F)c2)c2cc(-c3cc(F)cc(C(N)=O)c3)c(Cl)cc2N)CC1. The van der Waals surface area contributed by atoms with Crippen molar-refractivity contribution in [3.05, 3.63) is 87.4 Å². The maximum atomic E-state index is 14.4. The molecule has 1 heterocycles. The van der Waals surface area contributed by atoms with Gasteiger partial charge < -0.3 is 27.4 Å².